The van der Waals surface area contributed by atoms with E-state index in [1.165, 1.54) is 0 Å². The Morgan fingerprint density at radius 1 is 1.07 bits per heavy atom. The number of nitrogens with zero attached hydrogens (tertiary/aromatic N) is 5. The highest BCUT2D eigenvalue weighted by molar-refractivity contribution is 5.87. The smallest absolute Gasteiger partial charge is 0.389 e. The lowest BCUT2D eigenvalue weighted by molar-refractivity contribution is -0.138. The highest BCUT2D eigenvalue weighted by Crippen LogP contribution is 2.31. The second-order valence-electron chi connectivity index (χ2n) is 11.4. The van der Waals surface area contributed by atoms with Crippen molar-refractivity contribution in [1.82, 2.24) is 24.3 Å². The van der Waals surface area contributed by atoms with Crippen LogP contribution < -0.4 is 10.1 Å². The third kappa shape index (κ3) is 7.30. The Hall–Kier alpha value is -3.34. The molecule has 2 aliphatic rings. The van der Waals surface area contributed by atoms with Crippen LogP contribution >= 0.6 is 0 Å². The van der Waals surface area contributed by atoms with Crippen molar-refractivity contribution >= 4 is 22.8 Å². The average molecular weight is 573 g/mol. The number of alkyl halides is 3. The highest BCUT2D eigenvalue weighted by atomic mass is 19.4. The topological polar surface area (TPSA) is 75.5 Å². The van der Waals surface area contributed by atoms with Gasteiger partial charge in [-0.1, -0.05) is 6.07 Å². The van der Waals surface area contributed by atoms with Gasteiger partial charge in [-0.3, -0.25) is 4.79 Å². The van der Waals surface area contributed by atoms with Crippen LogP contribution in [-0.2, 0) is 4.79 Å². The molecule has 0 atom stereocenters. The van der Waals surface area contributed by atoms with E-state index in [2.05, 4.69) is 34.2 Å². The van der Waals surface area contributed by atoms with E-state index >= 15 is 0 Å². The lowest BCUT2D eigenvalue weighted by Crippen LogP contribution is -2.47. The van der Waals surface area contributed by atoms with Gasteiger partial charge in [-0.15, -0.1) is 0 Å². The average Bonchev–Trinajstić information content (AvgIpc) is 3.40. The third-order valence-electron chi connectivity index (χ3n) is 8.36. The fourth-order valence-electron chi connectivity index (χ4n) is 6.00. The van der Waals surface area contributed by atoms with Crippen LogP contribution in [0.5, 0.6) is 5.75 Å². The molecule has 2 aromatic heterocycles. The van der Waals surface area contributed by atoms with Gasteiger partial charge in [0, 0.05) is 55.3 Å². The second kappa shape index (κ2) is 12.7. The molecule has 8 nitrogen and oxygen atoms in total. The molecule has 11 heteroatoms. The molecule has 3 heterocycles. The SMILES string of the molecule is CN(C)C1CCN(C(=O)C2CCC(Nc3nccc(-n4ccc5c(OCCCC(F)(F)F)cccc54)n3)CC2)CC1. The van der Waals surface area contributed by atoms with Crippen LogP contribution in [0, 0.1) is 5.92 Å². The normalized spacial score (nSPS) is 20.5. The highest BCUT2D eigenvalue weighted by Gasteiger charge is 2.32. The lowest BCUT2D eigenvalue weighted by atomic mass is 9.84. The fourth-order valence-corrected chi connectivity index (χ4v) is 6.00. The predicted molar refractivity (Wildman–Crippen MR) is 152 cm³/mol. The number of carbonyl (C=O) groups is 1. The molecule has 1 N–H and O–H groups in total. The molecule has 1 aliphatic carbocycles. The van der Waals surface area contributed by atoms with Gasteiger partial charge in [0.05, 0.1) is 12.1 Å². The van der Waals surface area contributed by atoms with Gasteiger partial charge in [-0.2, -0.15) is 18.2 Å². The van der Waals surface area contributed by atoms with E-state index in [9.17, 15) is 18.0 Å². The van der Waals surface area contributed by atoms with Crippen LogP contribution in [0.1, 0.15) is 51.4 Å². The maximum Gasteiger partial charge on any atom is 0.389 e. The van der Waals surface area contributed by atoms with E-state index in [0.717, 1.165) is 62.5 Å². The maximum atomic E-state index is 13.1. The first-order valence-electron chi connectivity index (χ1n) is 14.5. The molecule has 0 spiro atoms. The molecular weight excluding hydrogens is 533 g/mol. The first kappa shape index (κ1) is 29.2. The molecule has 1 aliphatic heterocycles. The van der Waals surface area contributed by atoms with Crippen molar-refractivity contribution in [2.75, 3.05) is 39.1 Å². The number of likely N-dealkylation sites (tertiary alicyclic amines) is 1. The first-order valence-corrected chi connectivity index (χ1v) is 14.5. The summed E-state index contributed by atoms with van der Waals surface area (Å²) in [6.07, 6.45) is 4.01. The molecule has 3 aromatic rings. The molecule has 0 radical (unpaired) electrons. The van der Waals surface area contributed by atoms with Crippen molar-refractivity contribution in [2.45, 2.75) is 69.6 Å². The van der Waals surface area contributed by atoms with E-state index in [4.69, 9.17) is 9.72 Å². The molecule has 1 aromatic carbocycles. The quantitative estimate of drug-likeness (QED) is 0.334. The largest absolute Gasteiger partial charge is 0.493 e. The van der Waals surface area contributed by atoms with Crippen LogP contribution in [-0.4, -0.2) is 82.3 Å². The number of ether oxygens (including phenoxy) is 1. The summed E-state index contributed by atoms with van der Waals surface area (Å²) in [6, 6.07) is 9.97. The Morgan fingerprint density at radius 3 is 2.54 bits per heavy atom. The first-order chi connectivity index (χ1) is 19.7. The molecule has 1 amide bonds. The van der Waals surface area contributed by atoms with E-state index < -0.39 is 12.6 Å². The summed E-state index contributed by atoms with van der Waals surface area (Å²) in [7, 11) is 4.22. The number of fused-ring (bicyclic) bond motifs is 1. The fraction of sp³-hybridized carbons (Fsp3) is 0.567. The molecule has 0 bridgehead atoms. The lowest BCUT2D eigenvalue weighted by Gasteiger charge is -2.38. The Kier molecular flexibility index (Phi) is 9.01. The van der Waals surface area contributed by atoms with Crippen LogP contribution in [0.2, 0.25) is 0 Å². The van der Waals surface area contributed by atoms with Gasteiger partial charge in [0.15, 0.2) is 0 Å². The Balaban J connectivity index is 1.16. The summed E-state index contributed by atoms with van der Waals surface area (Å²) in [5.41, 5.74) is 0.844. The molecule has 222 valence electrons. The summed E-state index contributed by atoms with van der Waals surface area (Å²) in [4.78, 5) is 26.6. The minimum atomic E-state index is -4.18. The van der Waals surface area contributed by atoms with E-state index in [0.29, 0.717) is 29.5 Å². The molecule has 1 saturated heterocycles. The molecule has 5 rings (SSSR count). The molecule has 2 fully saturated rings. The predicted octanol–water partition coefficient (Wildman–Crippen LogP) is 5.67. The number of anilines is 1. The number of hydrogen-bond acceptors (Lipinski definition) is 6. The Labute approximate surface area is 238 Å². The van der Waals surface area contributed by atoms with Gasteiger partial charge < -0.3 is 24.4 Å². The van der Waals surface area contributed by atoms with Gasteiger partial charge in [0.2, 0.25) is 11.9 Å². The van der Waals surface area contributed by atoms with Crippen LogP contribution in [0.15, 0.2) is 42.7 Å². The number of rotatable bonds is 9. The van der Waals surface area contributed by atoms with Crippen molar-refractivity contribution in [3.05, 3.63) is 42.7 Å². The minimum Gasteiger partial charge on any atom is -0.493 e. The third-order valence-corrected chi connectivity index (χ3v) is 8.36. The number of nitrogens with one attached hydrogen (secondary N) is 1. The number of aromatic nitrogens is 3. The number of benzene rings is 1. The second-order valence-corrected chi connectivity index (χ2v) is 11.4. The van der Waals surface area contributed by atoms with E-state index in [1.54, 1.807) is 12.3 Å². The van der Waals surface area contributed by atoms with Crippen LogP contribution in [0.25, 0.3) is 16.7 Å². The van der Waals surface area contributed by atoms with Crippen LogP contribution in [0.4, 0.5) is 19.1 Å². The summed E-state index contributed by atoms with van der Waals surface area (Å²) < 4.78 is 45.0. The van der Waals surface area contributed by atoms with Gasteiger partial charge in [0.25, 0.3) is 0 Å². The summed E-state index contributed by atoms with van der Waals surface area (Å²) in [5.74, 6) is 2.15. The number of halogens is 3. The standard InChI is InChI=1S/C30H39F3N6O2/c1-37(2)23-12-17-38(18-13-23)28(40)21-7-9-22(10-8-21)35-29-34-16-11-27(36-29)39-19-14-24-25(39)5-3-6-26(24)41-20-4-15-30(31,32)33/h3,5-6,11,14,16,19,21-23H,4,7-10,12-13,15,17-18,20H2,1-2H3,(H,34,35,36). The van der Waals surface area contributed by atoms with E-state index in [1.807, 2.05) is 35.0 Å². The van der Waals surface area contributed by atoms with Crippen molar-refractivity contribution in [3.63, 3.8) is 0 Å². The Morgan fingerprint density at radius 2 is 1.83 bits per heavy atom. The van der Waals surface area contributed by atoms with Gasteiger partial charge >= 0.3 is 6.18 Å². The monoisotopic (exact) mass is 572 g/mol. The van der Waals surface area contributed by atoms with Crippen molar-refractivity contribution in [2.24, 2.45) is 5.92 Å². The Bertz CT molecular complexity index is 1310. The number of amides is 1. The van der Waals surface area contributed by atoms with Gasteiger partial charge in [-0.05, 0) is 83.3 Å². The number of carbonyl (C=O) groups excluding carboxylic acids is 1. The number of piperidine rings is 1. The zero-order valence-electron chi connectivity index (χ0n) is 23.7. The summed E-state index contributed by atoms with van der Waals surface area (Å²) >= 11 is 0. The minimum absolute atomic E-state index is 0.00578. The molecule has 0 unspecified atom stereocenters. The molecule has 1 saturated carbocycles. The van der Waals surface area contributed by atoms with Crippen molar-refractivity contribution in [3.8, 4) is 11.6 Å². The van der Waals surface area contributed by atoms with E-state index in [-0.39, 0.29) is 25.0 Å². The summed E-state index contributed by atoms with van der Waals surface area (Å²) in [5, 5.41) is 4.27. The zero-order valence-corrected chi connectivity index (χ0v) is 23.7. The van der Waals surface area contributed by atoms with Crippen molar-refractivity contribution < 1.29 is 22.7 Å². The number of hydrogen-bond donors (Lipinski definition) is 1. The van der Waals surface area contributed by atoms with Crippen molar-refractivity contribution in [1.29, 1.82) is 0 Å². The molecular formula is C30H39F3N6O2. The maximum absolute atomic E-state index is 13.1. The van der Waals surface area contributed by atoms with Gasteiger partial charge in [-0.25, -0.2) is 4.98 Å². The zero-order chi connectivity index (χ0) is 29.0. The molecule has 41 heavy (non-hydrogen) atoms. The van der Waals surface area contributed by atoms with Gasteiger partial charge in [0.1, 0.15) is 11.6 Å². The van der Waals surface area contributed by atoms with Crippen LogP contribution in [0.3, 0.4) is 0 Å². The summed E-state index contributed by atoms with van der Waals surface area (Å²) in [6.45, 7) is 1.69.